The van der Waals surface area contributed by atoms with Crippen LogP contribution in [0.15, 0.2) is 79.1 Å². The van der Waals surface area contributed by atoms with Gasteiger partial charge in [0.25, 0.3) is 11.8 Å². The highest BCUT2D eigenvalue weighted by Gasteiger charge is 2.09. The number of carbonyl (C=O) groups is 2. The predicted octanol–water partition coefficient (Wildman–Crippen LogP) is 2.98. The van der Waals surface area contributed by atoms with E-state index in [-0.39, 0.29) is 18.4 Å². The first-order valence-electron chi connectivity index (χ1n) is 9.36. The van der Waals surface area contributed by atoms with Crippen LogP contribution in [-0.4, -0.2) is 32.0 Å². The number of amides is 2. The summed E-state index contributed by atoms with van der Waals surface area (Å²) >= 11 is 0. The summed E-state index contributed by atoms with van der Waals surface area (Å²) in [7, 11) is 0. The normalized spacial score (nSPS) is 10.5. The van der Waals surface area contributed by atoms with Gasteiger partial charge in [0.2, 0.25) is 0 Å². The van der Waals surface area contributed by atoms with E-state index >= 15 is 0 Å². The number of hydrogen-bond acceptors (Lipinski definition) is 5. The topological polar surface area (TPSA) is 102 Å². The van der Waals surface area contributed by atoms with Crippen molar-refractivity contribution in [2.24, 2.45) is 0 Å². The minimum Gasteiger partial charge on any atom is -0.348 e. The summed E-state index contributed by atoms with van der Waals surface area (Å²) in [6, 6.07) is 19.3. The lowest BCUT2D eigenvalue weighted by Gasteiger charge is -2.09. The summed E-state index contributed by atoms with van der Waals surface area (Å²) in [6.45, 7) is 0.272. The van der Waals surface area contributed by atoms with Gasteiger partial charge in [-0.15, -0.1) is 5.10 Å². The summed E-state index contributed by atoms with van der Waals surface area (Å²) in [5, 5.41) is 16.6. The molecule has 0 bridgehead atoms. The van der Waals surface area contributed by atoms with E-state index in [0.717, 1.165) is 5.56 Å². The van der Waals surface area contributed by atoms with Gasteiger partial charge in [0.15, 0.2) is 0 Å². The van der Waals surface area contributed by atoms with Gasteiger partial charge in [-0.3, -0.25) is 9.59 Å². The summed E-state index contributed by atoms with van der Waals surface area (Å²) < 4.78 is 14.5. The lowest BCUT2D eigenvalue weighted by atomic mass is 10.1. The fraction of sp³-hybridized carbons (Fsp3) is 0.0455. The van der Waals surface area contributed by atoms with Crippen LogP contribution in [-0.2, 0) is 6.54 Å². The molecule has 0 saturated carbocycles. The molecule has 1 aromatic heterocycles. The third kappa shape index (κ3) is 4.96. The van der Waals surface area contributed by atoms with Crippen molar-refractivity contribution in [2.75, 3.05) is 5.32 Å². The van der Waals surface area contributed by atoms with E-state index < -0.39 is 5.82 Å². The van der Waals surface area contributed by atoms with Crippen LogP contribution in [0.3, 0.4) is 0 Å². The van der Waals surface area contributed by atoms with E-state index in [1.165, 1.54) is 35.3 Å². The molecule has 31 heavy (non-hydrogen) atoms. The Morgan fingerprint density at radius 3 is 2.48 bits per heavy atom. The monoisotopic (exact) mass is 416 g/mol. The zero-order valence-corrected chi connectivity index (χ0v) is 16.2. The third-order valence-electron chi connectivity index (χ3n) is 4.47. The molecular weight excluding hydrogens is 399 g/mol. The van der Waals surface area contributed by atoms with Crippen LogP contribution in [0, 0.1) is 5.82 Å². The Morgan fingerprint density at radius 2 is 1.71 bits per heavy atom. The first-order chi connectivity index (χ1) is 15.1. The number of aromatic nitrogens is 4. The largest absolute Gasteiger partial charge is 0.348 e. The molecule has 0 aliphatic rings. The van der Waals surface area contributed by atoms with Crippen LogP contribution in [0.2, 0.25) is 0 Å². The van der Waals surface area contributed by atoms with Gasteiger partial charge in [-0.05, 0) is 70.6 Å². The van der Waals surface area contributed by atoms with Crippen molar-refractivity contribution in [1.29, 1.82) is 0 Å². The van der Waals surface area contributed by atoms with E-state index in [1.807, 2.05) is 6.07 Å². The Balaban J connectivity index is 1.39. The number of halogens is 1. The summed E-state index contributed by atoms with van der Waals surface area (Å²) in [6.07, 6.45) is 1.45. The molecule has 0 fully saturated rings. The van der Waals surface area contributed by atoms with Crippen molar-refractivity contribution < 1.29 is 14.0 Å². The Bertz CT molecular complexity index is 1210. The number of tetrazole rings is 1. The molecule has 0 saturated heterocycles. The second-order valence-electron chi connectivity index (χ2n) is 6.65. The number of nitrogens with zero attached hydrogens (tertiary/aromatic N) is 4. The minimum absolute atomic E-state index is 0.254. The van der Waals surface area contributed by atoms with Crippen molar-refractivity contribution in [3.8, 4) is 5.69 Å². The van der Waals surface area contributed by atoms with Crippen molar-refractivity contribution in [3.05, 3.63) is 102 Å². The molecular formula is C22H17FN6O2. The smallest absolute Gasteiger partial charge is 0.255 e. The highest BCUT2D eigenvalue weighted by Crippen LogP contribution is 2.14. The minimum atomic E-state index is -0.405. The van der Waals surface area contributed by atoms with E-state index in [9.17, 15) is 14.0 Å². The molecule has 8 nitrogen and oxygen atoms in total. The molecule has 0 aliphatic heterocycles. The van der Waals surface area contributed by atoms with Crippen LogP contribution in [0.5, 0.6) is 0 Å². The maximum Gasteiger partial charge on any atom is 0.255 e. The lowest BCUT2D eigenvalue weighted by molar-refractivity contribution is 0.0950. The summed E-state index contributed by atoms with van der Waals surface area (Å²) in [5.41, 5.74) is 2.86. The number of carbonyl (C=O) groups excluding carboxylic acids is 2. The SMILES string of the molecule is O=C(NCc1cccc(NC(=O)c2ccc(F)cc2)c1)c1cccc(-n2cnnn2)c1. The Morgan fingerprint density at radius 1 is 0.903 bits per heavy atom. The second kappa shape index (κ2) is 8.95. The first-order valence-corrected chi connectivity index (χ1v) is 9.36. The van der Waals surface area contributed by atoms with Crippen LogP contribution in [0.25, 0.3) is 5.69 Å². The van der Waals surface area contributed by atoms with Gasteiger partial charge in [0.05, 0.1) is 5.69 Å². The maximum atomic E-state index is 13.0. The van der Waals surface area contributed by atoms with E-state index in [1.54, 1.807) is 42.5 Å². The molecule has 154 valence electrons. The van der Waals surface area contributed by atoms with Gasteiger partial charge in [0, 0.05) is 23.4 Å². The van der Waals surface area contributed by atoms with Crippen LogP contribution in [0.1, 0.15) is 26.3 Å². The fourth-order valence-electron chi connectivity index (χ4n) is 2.92. The van der Waals surface area contributed by atoms with E-state index in [0.29, 0.717) is 22.5 Å². The van der Waals surface area contributed by atoms with Gasteiger partial charge in [-0.1, -0.05) is 18.2 Å². The summed E-state index contributed by atoms with van der Waals surface area (Å²) in [4.78, 5) is 24.8. The summed E-state index contributed by atoms with van der Waals surface area (Å²) in [5.74, 6) is -1.01. The van der Waals surface area contributed by atoms with Crippen LogP contribution in [0.4, 0.5) is 10.1 Å². The number of anilines is 1. The second-order valence-corrected chi connectivity index (χ2v) is 6.65. The molecule has 4 rings (SSSR count). The van der Waals surface area contributed by atoms with E-state index in [2.05, 4.69) is 26.2 Å². The lowest BCUT2D eigenvalue weighted by Crippen LogP contribution is -2.23. The van der Waals surface area contributed by atoms with Gasteiger partial charge in [-0.2, -0.15) is 0 Å². The molecule has 0 aliphatic carbocycles. The number of hydrogen-bond donors (Lipinski definition) is 2. The van der Waals surface area contributed by atoms with Crippen LogP contribution >= 0.6 is 0 Å². The molecule has 0 unspecified atom stereocenters. The standard InChI is InChI=1S/C22H17FN6O2/c23-18-9-7-16(8-10-18)22(31)26-19-5-1-3-15(11-19)13-24-21(30)17-4-2-6-20(12-17)29-14-25-27-28-29/h1-12,14H,13H2,(H,24,30)(H,26,31). The molecule has 1 heterocycles. The average Bonchev–Trinajstić information content (AvgIpc) is 3.33. The first kappa shape index (κ1) is 19.9. The number of benzene rings is 3. The van der Waals surface area contributed by atoms with Gasteiger partial charge < -0.3 is 10.6 Å². The number of rotatable bonds is 6. The van der Waals surface area contributed by atoms with Crippen LogP contribution < -0.4 is 10.6 Å². The average molecular weight is 416 g/mol. The molecule has 0 spiro atoms. The van der Waals surface area contributed by atoms with Gasteiger partial charge in [0.1, 0.15) is 12.1 Å². The van der Waals surface area contributed by atoms with E-state index in [4.69, 9.17) is 0 Å². The molecule has 4 aromatic rings. The third-order valence-corrected chi connectivity index (χ3v) is 4.47. The molecule has 9 heteroatoms. The molecule has 2 amide bonds. The molecule has 3 aromatic carbocycles. The Kier molecular flexibility index (Phi) is 5.75. The van der Waals surface area contributed by atoms with Gasteiger partial charge in [-0.25, -0.2) is 9.07 Å². The van der Waals surface area contributed by atoms with Crippen molar-refractivity contribution in [1.82, 2.24) is 25.5 Å². The molecule has 2 N–H and O–H groups in total. The number of nitrogens with one attached hydrogen (secondary N) is 2. The zero-order chi connectivity index (χ0) is 21.6. The van der Waals surface area contributed by atoms with Gasteiger partial charge >= 0.3 is 0 Å². The highest BCUT2D eigenvalue weighted by atomic mass is 19.1. The fourth-order valence-corrected chi connectivity index (χ4v) is 2.92. The quantitative estimate of drug-likeness (QED) is 0.503. The maximum absolute atomic E-state index is 13.0. The molecule has 0 radical (unpaired) electrons. The Labute approximate surface area is 176 Å². The predicted molar refractivity (Wildman–Crippen MR) is 111 cm³/mol. The van der Waals surface area contributed by atoms with Crippen molar-refractivity contribution in [2.45, 2.75) is 6.54 Å². The van der Waals surface area contributed by atoms with Crippen molar-refractivity contribution in [3.63, 3.8) is 0 Å². The zero-order valence-electron chi connectivity index (χ0n) is 16.2. The highest BCUT2D eigenvalue weighted by molar-refractivity contribution is 6.04. The van der Waals surface area contributed by atoms with Crippen molar-refractivity contribution >= 4 is 17.5 Å². The Hall–Kier alpha value is -4.40. The molecule has 0 atom stereocenters.